The largest absolute Gasteiger partial charge is 0.382 e. The predicted molar refractivity (Wildman–Crippen MR) is 107 cm³/mol. The maximum Gasteiger partial charge on any atom is 0.104 e. The molecule has 170 valence electrons. The predicted octanol–water partition coefficient (Wildman–Crippen LogP) is 1.93. The third-order valence-corrected chi connectivity index (χ3v) is 3.67. The summed E-state index contributed by atoms with van der Waals surface area (Å²) < 4.78 is 44.5. The van der Waals surface area contributed by atoms with Crippen LogP contribution < -0.4 is 0 Å². The second-order valence-electron chi connectivity index (χ2n) is 6.03. The number of methoxy groups -OCH3 is 1. The van der Waals surface area contributed by atoms with E-state index in [-0.39, 0.29) is 18.3 Å². The van der Waals surface area contributed by atoms with Gasteiger partial charge in [0.15, 0.2) is 0 Å². The number of ether oxygens (including phenoxy) is 8. The molecule has 0 aliphatic carbocycles. The quantitative estimate of drug-likeness (QED) is 0.251. The Bertz CT molecular complexity index is 306. The van der Waals surface area contributed by atoms with Crippen LogP contribution in [0.2, 0.25) is 0 Å². The minimum atomic E-state index is -0.143. The van der Waals surface area contributed by atoms with Crippen LogP contribution >= 0.6 is 0 Å². The van der Waals surface area contributed by atoms with E-state index in [2.05, 4.69) is 0 Å². The van der Waals surface area contributed by atoms with Gasteiger partial charge in [0, 0.05) is 33.5 Å². The Hall–Kier alpha value is -0.320. The Morgan fingerprint density at radius 3 is 1.21 bits per heavy atom. The molecule has 0 aromatic rings. The Kier molecular flexibility index (Phi) is 21.1. The van der Waals surface area contributed by atoms with Gasteiger partial charge in [0.05, 0.1) is 52.9 Å². The van der Waals surface area contributed by atoms with E-state index in [9.17, 15) is 0 Å². The molecule has 3 unspecified atom stereocenters. The summed E-state index contributed by atoms with van der Waals surface area (Å²) in [4.78, 5) is 0. The van der Waals surface area contributed by atoms with Crippen LogP contribution in [0.1, 0.15) is 27.7 Å². The number of hydrogen-bond donors (Lipinski definition) is 0. The summed E-state index contributed by atoms with van der Waals surface area (Å²) in [5.74, 6) is 0. The van der Waals surface area contributed by atoms with Gasteiger partial charge >= 0.3 is 0 Å². The molecule has 0 aromatic carbocycles. The monoisotopic (exact) mass is 410 g/mol. The van der Waals surface area contributed by atoms with E-state index in [1.165, 1.54) is 0 Å². The lowest BCUT2D eigenvalue weighted by atomic mass is 10.3. The summed E-state index contributed by atoms with van der Waals surface area (Å²) in [7, 11) is 1.65. The summed E-state index contributed by atoms with van der Waals surface area (Å²) in [6, 6.07) is 0. The maximum atomic E-state index is 5.79. The first kappa shape index (κ1) is 27.7. The van der Waals surface area contributed by atoms with Crippen LogP contribution in [0, 0.1) is 0 Å². The first-order valence-electron chi connectivity index (χ1n) is 10.4. The molecule has 0 N–H and O–H groups in total. The fraction of sp³-hybridized carbons (Fsp3) is 1.00. The lowest BCUT2D eigenvalue weighted by molar-refractivity contribution is -0.106. The highest BCUT2D eigenvalue weighted by Gasteiger charge is 2.15. The van der Waals surface area contributed by atoms with Crippen molar-refractivity contribution >= 4 is 0 Å². The molecule has 0 aromatic heterocycles. The molecule has 0 spiro atoms. The van der Waals surface area contributed by atoms with E-state index in [4.69, 9.17) is 37.9 Å². The molecule has 0 saturated carbocycles. The molecule has 0 aliphatic rings. The van der Waals surface area contributed by atoms with Crippen molar-refractivity contribution in [2.45, 2.75) is 46.0 Å². The lowest BCUT2D eigenvalue weighted by Crippen LogP contribution is -2.33. The highest BCUT2D eigenvalue weighted by molar-refractivity contribution is 4.61. The molecule has 8 nitrogen and oxygen atoms in total. The molecule has 0 saturated heterocycles. The van der Waals surface area contributed by atoms with Crippen molar-refractivity contribution in [2.24, 2.45) is 0 Å². The molecule has 0 amide bonds. The second kappa shape index (κ2) is 21.4. The van der Waals surface area contributed by atoms with E-state index in [0.717, 1.165) is 0 Å². The molecule has 28 heavy (non-hydrogen) atoms. The fourth-order valence-electron chi connectivity index (χ4n) is 2.41. The Balaban J connectivity index is 4.14. The van der Waals surface area contributed by atoms with Gasteiger partial charge in [0.2, 0.25) is 0 Å². The molecule has 0 rings (SSSR count). The topological polar surface area (TPSA) is 73.8 Å². The van der Waals surface area contributed by atoms with E-state index in [1.807, 2.05) is 27.7 Å². The van der Waals surface area contributed by atoms with E-state index >= 15 is 0 Å². The first-order chi connectivity index (χ1) is 13.7. The van der Waals surface area contributed by atoms with Crippen LogP contribution in [0.15, 0.2) is 0 Å². The van der Waals surface area contributed by atoms with E-state index in [0.29, 0.717) is 79.3 Å². The van der Waals surface area contributed by atoms with Crippen LogP contribution in [0.5, 0.6) is 0 Å². The van der Waals surface area contributed by atoms with Crippen LogP contribution in [0.3, 0.4) is 0 Å². The number of hydrogen-bond acceptors (Lipinski definition) is 8. The minimum Gasteiger partial charge on any atom is -0.382 e. The van der Waals surface area contributed by atoms with Crippen molar-refractivity contribution in [3.63, 3.8) is 0 Å². The van der Waals surface area contributed by atoms with E-state index in [1.54, 1.807) is 7.11 Å². The SMILES string of the molecule is CCOCC(COCC(COCC(COCCOC)OCC)OCC)OCC. The Morgan fingerprint density at radius 2 is 0.857 bits per heavy atom. The van der Waals surface area contributed by atoms with Crippen molar-refractivity contribution < 1.29 is 37.9 Å². The van der Waals surface area contributed by atoms with Gasteiger partial charge in [-0.2, -0.15) is 0 Å². The molecule has 8 heteroatoms. The van der Waals surface area contributed by atoms with E-state index < -0.39 is 0 Å². The van der Waals surface area contributed by atoms with Gasteiger partial charge in [0.25, 0.3) is 0 Å². The molecular weight excluding hydrogens is 368 g/mol. The zero-order valence-corrected chi connectivity index (χ0v) is 18.5. The highest BCUT2D eigenvalue weighted by Crippen LogP contribution is 2.02. The minimum absolute atomic E-state index is 0.0697. The maximum absolute atomic E-state index is 5.79. The van der Waals surface area contributed by atoms with Crippen LogP contribution in [0.4, 0.5) is 0 Å². The van der Waals surface area contributed by atoms with Crippen molar-refractivity contribution in [1.29, 1.82) is 0 Å². The van der Waals surface area contributed by atoms with Gasteiger partial charge in [-0.25, -0.2) is 0 Å². The molecule has 0 radical (unpaired) electrons. The van der Waals surface area contributed by atoms with Crippen molar-refractivity contribution in [2.75, 3.05) is 86.4 Å². The summed E-state index contributed by atoms with van der Waals surface area (Å²) in [6.45, 7) is 14.2. The van der Waals surface area contributed by atoms with Crippen molar-refractivity contribution in [1.82, 2.24) is 0 Å². The van der Waals surface area contributed by atoms with Gasteiger partial charge in [-0.05, 0) is 27.7 Å². The highest BCUT2D eigenvalue weighted by atomic mass is 16.6. The summed E-state index contributed by atoms with van der Waals surface area (Å²) >= 11 is 0. The first-order valence-corrected chi connectivity index (χ1v) is 10.4. The van der Waals surface area contributed by atoms with Gasteiger partial charge in [0.1, 0.15) is 18.3 Å². The van der Waals surface area contributed by atoms with Gasteiger partial charge in [-0.1, -0.05) is 0 Å². The van der Waals surface area contributed by atoms with Crippen molar-refractivity contribution in [3.05, 3.63) is 0 Å². The standard InChI is InChI=1S/C20H42O8/c1-6-22-12-18(26-7-2)14-24-16-20(28-9-4)17-25-15-19(27-8-3)13-23-11-10-21-5/h18-20H,6-17H2,1-5H3. The third kappa shape index (κ3) is 16.6. The second-order valence-corrected chi connectivity index (χ2v) is 6.03. The molecule has 0 bridgehead atoms. The molecule has 0 aliphatic heterocycles. The Labute approximate surface area is 171 Å². The molecule has 0 fully saturated rings. The molecular formula is C20H42O8. The van der Waals surface area contributed by atoms with Crippen LogP contribution in [0.25, 0.3) is 0 Å². The summed E-state index contributed by atoms with van der Waals surface area (Å²) in [5, 5.41) is 0. The average molecular weight is 411 g/mol. The zero-order chi connectivity index (χ0) is 20.9. The van der Waals surface area contributed by atoms with Gasteiger partial charge in [-0.3, -0.25) is 0 Å². The van der Waals surface area contributed by atoms with Crippen LogP contribution in [-0.4, -0.2) is 105 Å². The Morgan fingerprint density at radius 1 is 0.464 bits per heavy atom. The summed E-state index contributed by atoms with van der Waals surface area (Å²) in [5.41, 5.74) is 0. The fourth-order valence-corrected chi connectivity index (χ4v) is 2.41. The summed E-state index contributed by atoms with van der Waals surface area (Å²) in [6.07, 6.45) is -0.325. The van der Waals surface area contributed by atoms with Crippen LogP contribution in [-0.2, 0) is 37.9 Å². The number of rotatable bonds is 22. The molecule has 0 heterocycles. The van der Waals surface area contributed by atoms with Crippen molar-refractivity contribution in [3.8, 4) is 0 Å². The average Bonchev–Trinajstić information content (AvgIpc) is 2.69. The zero-order valence-electron chi connectivity index (χ0n) is 18.5. The third-order valence-electron chi connectivity index (χ3n) is 3.67. The lowest BCUT2D eigenvalue weighted by Gasteiger charge is -2.22. The smallest absolute Gasteiger partial charge is 0.104 e. The molecule has 3 atom stereocenters. The van der Waals surface area contributed by atoms with Gasteiger partial charge < -0.3 is 37.9 Å². The normalized spacial score (nSPS) is 14.9. The van der Waals surface area contributed by atoms with Gasteiger partial charge in [-0.15, -0.1) is 0 Å².